The molecule has 0 N–H and O–H groups in total. The first-order valence-corrected chi connectivity index (χ1v) is 6.81. The van der Waals surface area contributed by atoms with Gasteiger partial charge in [-0.05, 0) is 24.0 Å². The number of hydrogen-bond donors (Lipinski definition) is 0. The summed E-state index contributed by atoms with van der Waals surface area (Å²) in [7, 11) is 0. The van der Waals surface area contributed by atoms with Crippen molar-refractivity contribution in [1.82, 2.24) is 0 Å². The maximum Gasteiger partial charge on any atom is 0.150 e. The van der Waals surface area contributed by atoms with Crippen LogP contribution in [0.2, 0.25) is 0 Å². The lowest BCUT2D eigenvalue weighted by Gasteiger charge is -1.93. The number of carbonyl (C=O) groups is 2. The van der Waals surface area contributed by atoms with Crippen LogP contribution in [0, 0.1) is 0 Å². The van der Waals surface area contributed by atoms with Gasteiger partial charge in [-0.15, -0.1) is 0 Å². The van der Waals surface area contributed by atoms with Gasteiger partial charge in [-0.1, -0.05) is 62.4 Å². The number of rotatable bonds is 4. The molecule has 0 amide bonds. The Hall–Kier alpha value is -2.22. The molecule has 20 heavy (non-hydrogen) atoms. The van der Waals surface area contributed by atoms with Gasteiger partial charge >= 0.3 is 0 Å². The van der Waals surface area contributed by atoms with Gasteiger partial charge in [-0.3, -0.25) is 9.59 Å². The van der Waals surface area contributed by atoms with Crippen molar-refractivity contribution in [2.45, 2.75) is 26.7 Å². The fraction of sp³-hybridized carbons (Fsp3) is 0.222. The first kappa shape index (κ1) is 15.8. The second kappa shape index (κ2) is 8.81. The highest BCUT2D eigenvalue weighted by atomic mass is 16.1. The molecule has 0 atom stereocenters. The van der Waals surface area contributed by atoms with Crippen molar-refractivity contribution in [2.75, 3.05) is 0 Å². The van der Waals surface area contributed by atoms with E-state index >= 15 is 0 Å². The molecule has 0 saturated carbocycles. The molecule has 2 rings (SSSR count). The summed E-state index contributed by atoms with van der Waals surface area (Å²) in [6.07, 6.45) is 3.77. The zero-order valence-electron chi connectivity index (χ0n) is 12.0. The molecule has 0 aromatic heterocycles. The third kappa shape index (κ3) is 5.19. The van der Waals surface area contributed by atoms with Gasteiger partial charge in [-0.25, -0.2) is 0 Å². The lowest BCUT2D eigenvalue weighted by molar-refractivity contribution is 0.111. The second-order valence-electron chi connectivity index (χ2n) is 4.43. The van der Waals surface area contributed by atoms with Gasteiger partial charge < -0.3 is 0 Å². The predicted molar refractivity (Wildman–Crippen MR) is 82.4 cm³/mol. The third-order valence-corrected chi connectivity index (χ3v) is 3.05. The zero-order valence-corrected chi connectivity index (χ0v) is 12.0. The molecular formula is C18H20O2. The summed E-state index contributed by atoms with van der Waals surface area (Å²) < 4.78 is 0. The van der Waals surface area contributed by atoms with Crippen LogP contribution in [-0.2, 0) is 12.8 Å². The zero-order chi connectivity index (χ0) is 14.8. The summed E-state index contributed by atoms with van der Waals surface area (Å²) in [6, 6.07) is 15.3. The average molecular weight is 268 g/mol. The van der Waals surface area contributed by atoms with Gasteiger partial charge in [0.25, 0.3) is 0 Å². The topological polar surface area (TPSA) is 34.1 Å². The van der Waals surface area contributed by atoms with Crippen molar-refractivity contribution in [2.24, 2.45) is 0 Å². The largest absolute Gasteiger partial charge is 0.298 e. The first-order chi connectivity index (χ1) is 9.73. The summed E-state index contributed by atoms with van der Waals surface area (Å²) in [5, 5.41) is 0. The fourth-order valence-electron chi connectivity index (χ4n) is 1.66. The number of aldehydes is 2. The molecule has 0 spiro atoms. The lowest BCUT2D eigenvalue weighted by Crippen LogP contribution is -1.81. The van der Waals surface area contributed by atoms with Crippen LogP contribution in [0.15, 0.2) is 48.5 Å². The molecule has 104 valence electrons. The second-order valence-corrected chi connectivity index (χ2v) is 4.43. The molecule has 2 aromatic rings. The van der Waals surface area contributed by atoms with Crippen molar-refractivity contribution in [3.05, 3.63) is 70.8 Å². The standard InChI is InChI=1S/2C9H10O/c2*1-2-8-3-5-9(7-10)6-4-8/h2*3-7H,2H2,1H3. The number of hydrogen-bond acceptors (Lipinski definition) is 2. The number of carbonyl (C=O) groups excluding carboxylic acids is 2. The maximum absolute atomic E-state index is 10.2. The summed E-state index contributed by atoms with van der Waals surface area (Å²) >= 11 is 0. The van der Waals surface area contributed by atoms with E-state index in [2.05, 4.69) is 13.8 Å². The molecule has 0 aliphatic rings. The maximum atomic E-state index is 10.2. The van der Waals surface area contributed by atoms with Crippen molar-refractivity contribution in [3.8, 4) is 0 Å². The van der Waals surface area contributed by atoms with E-state index in [1.807, 2.05) is 48.5 Å². The lowest BCUT2D eigenvalue weighted by atomic mass is 10.1. The smallest absolute Gasteiger partial charge is 0.150 e. The van der Waals surface area contributed by atoms with Gasteiger partial charge in [0.05, 0.1) is 0 Å². The van der Waals surface area contributed by atoms with E-state index in [1.54, 1.807) is 0 Å². The molecule has 0 aliphatic carbocycles. The van der Waals surface area contributed by atoms with E-state index in [-0.39, 0.29) is 0 Å². The summed E-state index contributed by atoms with van der Waals surface area (Å²) in [6.45, 7) is 4.19. The minimum absolute atomic E-state index is 0.747. The summed E-state index contributed by atoms with van der Waals surface area (Å²) in [5.74, 6) is 0. The van der Waals surface area contributed by atoms with E-state index in [0.29, 0.717) is 0 Å². The Bertz CT molecular complexity index is 473. The Morgan fingerprint density at radius 1 is 0.650 bits per heavy atom. The monoisotopic (exact) mass is 268 g/mol. The Kier molecular flexibility index (Phi) is 6.97. The normalized spacial score (nSPS) is 9.30. The fourth-order valence-corrected chi connectivity index (χ4v) is 1.66. The molecule has 0 unspecified atom stereocenters. The summed E-state index contributed by atoms with van der Waals surface area (Å²) in [5.41, 5.74) is 4.03. The average Bonchev–Trinajstić information content (AvgIpc) is 2.55. The third-order valence-electron chi connectivity index (χ3n) is 3.05. The first-order valence-electron chi connectivity index (χ1n) is 6.81. The number of benzene rings is 2. The molecule has 2 heteroatoms. The van der Waals surface area contributed by atoms with Crippen molar-refractivity contribution in [3.63, 3.8) is 0 Å². The Morgan fingerprint density at radius 2 is 0.950 bits per heavy atom. The van der Waals surface area contributed by atoms with Gasteiger partial charge in [0, 0.05) is 11.1 Å². The molecule has 0 heterocycles. The molecule has 2 nitrogen and oxygen atoms in total. The Balaban J connectivity index is 0.000000200. The van der Waals surface area contributed by atoms with Crippen molar-refractivity contribution < 1.29 is 9.59 Å². The van der Waals surface area contributed by atoms with Crippen LogP contribution in [0.5, 0.6) is 0 Å². The van der Waals surface area contributed by atoms with Gasteiger partial charge in [0.15, 0.2) is 0 Å². The SMILES string of the molecule is CCc1ccc(C=O)cc1.CCc1ccc(C=O)cc1. The highest BCUT2D eigenvalue weighted by Crippen LogP contribution is 2.02. The minimum atomic E-state index is 0.747. The molecule has 0 fully saturated rings. The van der Waals surface area contributed by atoms with E-state index in [0.717, 1.165) is 36.5 Å². The van der Waals surface area contributed by atoms with Crippen LogP contribution in [0.25, 0.3) is 0 Å². The number of aryl methyl sites for hydroxylation is 2. The molecule has 0 radical (unpaired) electrons. The van der Waals surface area contributed by atoms with Crippen LogP contribution >= 0.6 is 0 Å². The molecule has 2 aromatic carbocycles. The molecule has 0 aliphatic heterocycles. The van der Waals surface area contributed by atoms with Crippen LogP contribution in [0.1, 0.15) is 45.7 Å². The van der Waals surface area contributed by atoms with Crippen molar-refractivity contribution >= 4 is 12.6 Å². The van der Waals surface area contributed by atoms with E-state index in [1.165, 1.54) is 11.1 Å². The minimum Gasteiger partial charge on any atom is -0.298 e. The Morgan fingerprint density at radius 3 is 1.15 bits per heavy atom. The van der Waals surface area contributed by atoms with E-state index in [9.17, 15) is 9.59 Å². The van der Waals surface area contributed by atoms with Crippen LogP contribution in [-0.4, -0.2) is 12.6 Å². The van der Waals surface area contributed by atoms with Crippen LogP contribution < -0.4 is 0 Å². The van der Waals surface area contributed by atoms with Gasteiger partial charge in [0.2, 0.25) is 0 Å². The van der Waals surface area contributed by atoms with Crippen molar-refractivity contribution in [1.29, 1.82) is 0 Å². The van der Waals surface area contributed by atoms with Gasteiger partial charge in [0.1, 0.15) is 12.6 Å². The Labute approximate surface area is 120 Å². The highest BCUT2D eigenvalue weighted by molar-refractivity contribution is 5.75. The quantitative estimate of drug-likeness (QED) is 0.781. The van der Waals surface area contributed by atoms with Gasteiger partial charge in [-0.2, -0.15) is 0 Å². The highest BCUT2D eigenvalue weighted by Gasteiger charge is 1.89. The predicted octanol–water partition coefficient (Wildman–Crippen LogP) is 4.12. The molecule has 0 bridgehead atoms. The van der Waals surface area contributed by atoms with Crippen LogP contribution in [0.3, 0.4) is 0 Å². The van der Waals surface area contributed by atoms with Crippen LogP contribution in [0.4, 0.5) is 0 Å². The molecule has 0 saturated heterocycles. The van der Waals surface area contributed by atoms with E-state index < -0.39 is 0 Å². The van der Waals surface area contributed by atoms with E-state index in [4.69, 9.17) is 0 Å². The summed E-state index contributed by atoms with van der Waals surface area (Å²) in [4.78, 5) is 20.4. The molecular weight excluding hydrogens is 248 g/mol.